The van der Waals surface area contributed by atoms with Gasteiger partial charge < -0.3 is 30.9 Å². The number of ether oxygens (including phenoxy) is 1. The molecule has 14 nitrogen and oxygen atoms in total. The SMILES string of the molecule is CC1(C(=O)O)C=CCC(C(=O)O)(c2cc(Oc3ccc([N+](=O)[O-])cc3F)ncn2)C1.CN1CCC[C@@H]1CNC(N)=O. The van der Waals surface area contributed by atoms with Crippen molar-refractivity contribution >= 4 is 23.7 Å². The number of amides is 2. The molecule has 2 unspecified atom stereocenters. The number of benzene rings is 1. The Kier molecular flexibility index (Phi) is 9.55. The topological polar surface area (TPSA) is 211 Å². The van der Waals surface area contributed by atoms with Crippen LogP contribution in [0.5, 0.6) is 11.6 Å². The molecular weight excluding hydrogens is 543 g/mol. The predicted molar refractivity (Wildman–Crippen MR) is 142 cm³/mol. The minimum Gasteiger partial charge on any atom is -0.481 e. The molecule has 2 heterocycles. The molecule has 1 aliphatic carbocycles. The molecule has 2 amide bonds. The number of carbonyl (C=O) groups is 3. The Morgan fingerprint density at radius 2 is 2.00 bits per heavy atom. The number of aliphatic carboxylic acids is 2. The van der Waals surface area contributed by atoms with Crippen molar-refractivity contribution in [1.82, 2.24) is 20.2 Å². The molecule has 1 aromatic heterocycles. The highest BCUT2D eigenvalue weighted by Gasteiger charge is 2.51. The smallest absolute Gasteiger partial charge is 0.316 e. The van der Waals surface area contributed by atoms with Crippen LogP contribution in [0.4, 0.5) is 14.9 Å². The molecule has 1 aliphatic heterocycles. The number of hydrogen-bond acceptors (Lipinski definition) is 9. The Labute approximate surface area is 234 Å². The molecule has 0 spiro atoms. The molecule has 41 heavy (non-hydrogen) atoms. The molecule has 1 fully saturated rings. The summed E-state index contributed by atoms with van der Waals surface area (Å²) in [5, 5.41) is 32.8. The number of rotatable bonds is 8. The van der Waals surface area contributed by atoms with Crippen LogP contribution < -0.4 is 15.8 Å². The maximum atomic E-state index is 14.1. The number of likely N-dealkylation sites (tertiary alicyclic amines) is 1. The van der Waals surface area contributed by atoms with Crippen LogP contribution in [0.2, 0.25) is 0 Å². The van der Waals surface area contributed by atoms with Gasteiger partial charge in [0.25, 0.3) is 5.69 Å². The summed E-state index contributed by atoms with van der Waals surface area (Å²) >= 11 is 0. The van der Waals surface area contributed by atoms with Gasteiger partial charge in [-0.15, -0.1) is 0 Å². The van der Waals surface area contributed by atoms with Gasteiger partial charge in [-0.05, 0) is 52.3 Å². The van der Waals surface area contributed by atoms with Crippen molar-refractivity contribution < 1.29 is 38.6 Å². The lowest BCUT2D eigenvalue weighted by molar-refractivity contribution is -0.385. The summed E-state index contributed by atoms with van der Waals surface area (Å²) in [5.74, 6) is -4.00. The number of urea groups is 1. The van der Waals surface area contributed by atoms with E-state index in [2.05, 4.69) is 27.2 Å². The normalized spacial score (nSPS) is 23.6. The average molecular weight is 575 g/mol. The van der Waals surface area contributed by atoms with E-state index < -0.39 is 45.2 Å². The Morgan fingerprint density at radius 3 is 2.56 bits per heavy atom. The molecule has 1 aromatic carbocycles. The summed E-state index contributed by atoms with van der Waals surface area (Å²) in [6.45, 7) is 3.23. The summed E-state index contributed by atoms with van der Waals surface area (Å²) in [4.78, 5) is 54.2. The zero-order valence-corrected chi connectivity index (χ0v) is 22.4. The van der Waals surface area contributed by atoms with Gasteiger partial charge in [0.15, 0.2) is 11.6 Å². The second-order valence-corrected chi connectivity index (χ2v) is 10.1. The fourth-order valence-corrected chi connectivity index (χ4v) is 4.80. The van der Waals surface area contributed by atoms with Crippen LogP contribution >= 0.6 is 0 Å². The Balaban J connectivity index is 0.000000352. The first-order valence-corrected chi connectivity index (χ1v) is 12.6. The third-order valence-electron chi connectivity index (χ3n) is 7.18. The Bertz CT molecular complexity index is 1360. The number of non-ortho nitro benzene ring substituents is 1. The summed E-state index contributed by atoms with van der Waals surface area (Å²) in [5.41, 5.74) is 1.40. The number of carbonyl (C=O) groups excluding carboxylic acids is 1. The number of nitro groups is 1. The molecule has 2 aromatic rings. The van der Waals surface area contributed by atoms with E-state index >= 15 is 0 Å². The van der Waals surface area contributed by atoms with E-state index in [9.17, 15) is 39.1 Å². The van der Waals surface area contributed by atoms with Crippen molar-refractivity contribution in [2.24, 2.45) is 11.1 Å². The molecule has 3 atom stereocenters. The molecule has 1 saturated heterocycles. The summed E-state index contributed by atoms with van der Waals surface area (Å²) in [7, 11) is 2.07. The summed E-state index contributed by atoms with van der Waals surface area (Å²) < 4.78 is 19.4. The van der Waals surface area contributed by atoms with Gasteiger partial charge in [-0.3, -0.25) is 19.7 Å². The summed E-state index contributed by atoms with van der Waals surface area (Å²) in [6.07, 6.45) is 6.07. The van der Waals surface area contributed by atoms with Gasteiger partial charge in [-0.25, -0.2) is 19.2 Å². The minimum absolute atomic E-state index is 0.000792. The standard InChI is InChI=1S/C19H16FN3O7.C7H15N3O/c1-18(16(24)25)5-2-6-19(9-18,17(26)27)14-8-15(22-10-21-14)30-13-4-3-11(23(28)29)7-12(13)20;1-10-4-2-3-6(10)5-9-7(8)11/h2-5,7-8,10H,6,9H2,1H3,(H,24,25)(H,26,27);6H,2-5H2,1H3,(H3,8,9,11)/t;6-/m.1/s1. The van der Waals surface area contributed by atoms with Gasteiger partial charge in [0, 0.05) is 24.7 Å². The molecule has 220 valence electrons. The van der Waals surface area contributed by atoms with E-state index in [0.717, 1.165) is 31.4 Å². The third-order valence-corrected chi connectivity index (χ3v) is 7.18. The maximum Gasteiger partial charge on any atom is 0.316 e. The van der Waals surface area contributed by atoms with Gasteiger partial charge in [0.1, 0.15) is 11.7 Å². The van der Waals surface area contributed by atoms with Gasteiger partial charge in [0.2, 0.25) is 5.88 Å². The van der Waals surface area contributed by atoms with Crippen molar-refractivity contribution in [1.29, 1.82) is 0 Å². The van der Waals surface area contributed by atoms with E-state index in [1.165, 1.54) is 31.6 Å². The molecule has 5 N–H and O–H groups in total. The summed E-state index contributed by atoms with van der Waals surface area (Å²) in [6, 6.07) is 4.03. The van der Waals surface area contributed by atoms with Crippen molar-refractivity contribution in [2.75, 3.05) is 20.1 Å². The first-order valence-electron chi connectivity index (χ1n) is 12.6. The number of nitro benzene ring substituents is 1. The Morgan fingerprint density at radius 1 is 1.27 bits per heavy atom. The number of halogens is 1. The lowest BCUT2D eigenvalue weighted by atomic mass is 9.64. The molecule has 0 bridgehead atoms. The van der Waals surface area contributed by atoms with Crippen molar-refractivity contribution in [3.63, 3.8) is 0 Å². The highest BCUT2D eigenvalue weighted by atomic mass is 19.1. The minimum atomic E-state index is -1.66. The number of allylic oxidation sites excluding steroid dienone is 1. The lowest BCUT2D eigenvalue weighted by Crippen LogP contribution is -2.45. The van der Waals surface area contributed by atoms with Crippen LogP contribution in [0.1, 0.15) is 38.3 Å². The number of nitrogens with two attached hydrogens (primary N) is 1. The zero-order valence-electron chi connectivity index (χ0n) is 22.4. The van der Waals surface area contributed by atoms with Gasteiger partial charge in [-0.1, -0.05) is 12.2 Å². The predicted octanol–water partition coefficient (Wildman–Crippen LogP) is 2.83. The van der Waals surface area contributed by atoms with Crippen molar-refractivity contribution in [2.45, 2.75) is 44.1 Å². The number of carboxylic acid groups (broad SMARTS) is 2. The van der Waals surface area contributed by atoms with Gasteiger partial charge in [-0.2, -0.15) is 0 Å². The maximum absolute atomic E-state index is 14.1. The molecule has 2 aliphatic rings. The molecule has 0 radical (unpaired) electrons. The third kappa shape index (κ3) is 7.30. The van der Waals surface area contributed by atoms with Crippen LogP contribution in [0.15, 0.2) is 42.7 Å². The van der Waals surface area contributed by atoms with E-state index in [0.29, 0.717) is 18.7 Å². The lowest BCUT2D eigenvalue weighted by Gasteiger charge is -2.37. The second kappa shape index (κ2) is 12.7. The van der Waals surface area contributed by atoms with Crippen LogP contribution in [0, 0.1) is 21.3 Å². The fraction of sp³-hybridized carbons (Fsp3) is 0.423. The van der Waals surface area contributed by atoms with Crippen LogP contribution in [-0.4, -0.2) is 74.2 Å². The first-order chi connectivity index (χ1) is 19.3. The molecular formula is C26H31FN6O8. The van der Waals surface area contributed by atoms with Crippen LogP contribution in [-0.2, 0) is 15.0 Å². The second-order valence-electron chi connectivity index (χ2n) is 10.1. The average Bonchev–Trinajstić information content (AvgIpc) is 3.33. The fourth-order valence-electron chi connectivity index (χ4n) is 4.80. The zero-order chi connectivity index (χ0) is 30.4. The number of nitrogens with one attached hydrogen (secondary N) is 1. The van der Waals surface area contributed by atoms with E-state index in [1.54, 1.807) is 0 Å². The van der Waals surface area contributed by atoms with E-state index in [-0.39, 0.29) is 30.2 Å². The first kappa shape index (κ1) is 30.9. The van der Waals surface area contributed by atoms with Crippen molar-refractivity contribution in [3.8, 4) is 11.6 Å². The largest absolute Gasteiger partial charge is 0.481 e. The van der Waals surface area contributed by atoms with Crippen LogP contribution in [0.25, 0.3) is 0 Å². The number of carboxylic acids is 2. The highest BCUT2D eigenvalue weighted by Crippen LogP contribution is 2.45. The van der Waals surface area contributed by atoms with Gasteiger partial charge >= 0.3 is 18.0 Å². The number of aromatic nitrogens is 2. The Hall–Kier alpha value is -4.66. The highest BCUT2D eigenvalue weighted by molar-refractivity contribution is 5.85. The molecule has 4 rings (SSSR count). The number of nitrogens with zero attached hydrogens (tertiary/aromatic N) is 4. The number of likely N-dealkylation sites (N-methyl/N-ethyl adjacent to an activating group) is 1. The van der Waals surface area contributed by atoms with Gasteiger partial charge in [0.05, 0.1) is 22.1 Å². The monoisotopic (exact) mass is 574 g/mol. The quantitative estimate of drug-likeness (QED) is 0.204. The number of primary amides is 1. The van der Waals surface area contributed by atoms with Crippen LogP contribution in [0.3, 0.4) is 0 Å². The van der Waals surface area contributed by atoms with E-state index in [1.807, 2.05) is 0 Å². The van der Waals surface area contributed by atoms with E-state index in [4.69, 9.17) is 10.5 Å². The molecule has 15 heteroatoms. The van der Waals surface area contributed by atoms with Crippen molar-refractivity contribution in [3.05, 3.63) is 64.4 Å². The number of hydrogen-bond donors (Lipinski definition) is 4. The molecule has 0 saturated carbocycles.